The van der Waals surface area contributed by atoms with Gasteiger partial charge in [0.15, 0.2) is 5.82 Å². The molecule has 2 aliphatic heterocycles. The Balaban J connectivity index is 1.43. The standard InChI is InChI=1S/C19H22F2N4O2/c1-24-17(27-18(20)21)11-16(23-24)22-19(26)25-14-7-8-15(25)10-13(9-14)12-5-3-2-4-6-12/h2-6,11,13-15,18H,7-10H2,1H3,(H,22,23,26)/t13?,14-,15+. The van der Waals surface area contributed by atoms with Crippen LogP contribution in [0.25, 0.3) is 0 Å². The maximum absolute atomic E-state index is 12.8. The minimum absolute atomic E-state index is 0.0916. The van der Waals surface area contributed by atoms with Crippen LogP contribution in [-0.2, 0) is 7.05 Å². The fourth-order valence-electron chi connectivity index (χ4n) is 4.39. The lowest BCUT2D eigenvalue weighted by molar-refractivity contribution is -0.0553. The summed E-state index contributed by atoms with van der Waals surface area (Å²) in [5.74, 6) is 0.586. The lowest BCUT2D eigenvalue weighted by Crippen LogP contribution is -2.48. The van der Waals surface area contributed by atoms with E-state index in [1.54, 1.807) is 0 Å². The van der Waals surface area contributed by atoms with Crippen molar-refractivity contribution in [3.05, 3.63) is 42.0 Å². The van der Waals surface area contributed by atoms with E-state index in [4.69, 9.17) is 0 Å². The predicted molar refractivity (Wildman–Crippen MR) is 95.9 cm³/mol. The van der Waals surface area contributed by atoms with Gasteiger partial charge in [0.1, 0.15) is 0 Å². The molecular weight excluding hydrogens is 354 g/mol. The molecule has 0 saturated carbocycles. The largest absolute Gasteiger partial charge is 0.417 e. The fourth-order valence-corrected chi connectivity index (χ4v) is 4.39. The van der Waals surface area contributed by atoms with Gasteiger partial charge in [0.05, 0.1) is 0 Å². The smallest absolute Gasteiger partial charge is 0.388 e. The molecule has 0 aliphatic carbocycles. The molecule has 3 heterocycles. The lowest BCUT2D eigenvalue weighted by Gasteiger charge is -2.39. The van der Waals surface area contributed by atoms with E-state index in [9.17, 15) is 13.6 Å². The summed E-state index contributed by atoms with van der Waals surface area (Å²) in [7, 11) is 1.49. The van der Waals surface area contributed by atoms with Crippen molar-refractivity contribution in [3.63, 3.8) is 0 Å². The Hall–Kier alpha value is -2.64. The lowest BCUT2D eigenvalue weighted by atomic mass is 9.85. The molecule has 0 spiro atoms. The maximum Gasteiger partial charge on any atom is 0.388 e. The quantitative estimate of drug-likeness (QED) is 0.879. The number of aryl methyl sites for hydroxylation is 1. The molecule has 144 valence electrons. The number of fused-ring (bicyclic) bond motifs is 2. The van der Waals surface area contributed by atoms with Gasteiger partial charge in [-0.1, -0.05) is 30.3 Å². The molecule has 27 heavy (non-hydrogen) atoms. The van der Waals surface area contributed by atoms with Crippen molar-refractivity contribution in [1.29, 1.82) is 0 Å². The molecule has 2 amide bonds. The number of carbonyl (C=O) groups excluding carboxylic acids is 1. The van der Waals surface area contributed by atoms with Crippen LogP contribution in [0.15, 0.2) is 36.4 Å². The number of urea groups is 1. The second kappa shape index (κ2) is 7.17. The van der Waals surface area contributed by atoms with Gasteiger partial charge in [-0.25, -0.2) is 9.48 Å². The van der Waals surface area contributed by atoms with Crippen LogP contribution in [0.4, 0.5) is 19.4 Å². The average Bonchev–Trinajstić information content (AvgIpc) is 3.11. The average molecular weight is 376 g/mol. The van der Waals surface area contributed by atoms with E-state index in [1.807, 2.05) is 11.0 Å². The van der Waals surface area contributed by atoms with Crippen LogP contribution in [-0.4, -0.2) is 39.4 Å². The summed E-state index contributed by atoms with van der Waals surface area (Å²) in [6.07, 6.45) is 3.86. The highest BCUT2D eigenvalue weighted by molar-refractivity contribution is 5.89. The topological polar surface area (TPSA) is 59.4 Å². The Morgan fingerprint density at radius 3 is 2.52 bits per heavy atom. The molecule has 2 aromatic rings. The number of amides is 2. The van der Waals surface area contributed by atoms with Gasteiger partial charge < -0.3 is 9.64 Å². The van der Waals surface area contributed by atoms with Crippen molar-refractivity contribution in [2.24, 2.45) is 7.05 Å². The van der Waals surface area contributed by atoms with E-state index in [0.29, 0.717) is 5.92 Å². The summed E-state index contributed by atoms with van der Waals surface area (Å²) in [5, 5.41) is 6.76. The first-order valence-corrected chi connectivity index (χ1v) is 9.14. The molecule has 8 heteroatoms. The van der Waals surface area contributed by atoms with E-state index in [0.717, 1.165) is 25.7 Å². The molecule has 2 aliphatic rings. The number of hydrogen-bond acceptors (Lipinski definition) is 3. The van der Waals surface area contributed by atoms with Crippen molar-refractivity contribution in [2.45, 2.75) is 50.3 Å². The van der Waals surface area contributed by atoms with E-state index in [2.05, 4.69) is 39.4 Å². The minimum Gasteiger partial charge on any atom is -0.417 e. The molecule has 0 radical (unpaired) electrons. The third-order valence-electron chi connectivity index (χ3n) is 5.52. The number of alkyl halides is 2. The van der Waals surface area contributed by atoms with Crippen molar-refractivity contribution >= 4 is 11.8 Å². The molecule has 1 aromatic carbocycles. The summed E-state index contributed by atoms with van der Waals surface area (Å²) in [5.41, 5.74) is 1.33. The van der Waals surface area contributed by atoms with Crippen LogP contribution in [0.5, 0.6) is 5.88 Å². The first-order chi connectivity index (χ1) is 13.0. The van der Waals surface area contributed by atoms with Gasteiger partial charge >= 0.3 is 12.6 Å². The summed E-state index contributed by atoms with van der Waals surface area (Å²) >= 11 is 0. The van der Waals surface area contributed by atoms with Crippen molar-refractivity contribution in [3.8, 4) is 5.88 Å². The van der Waals surface area contributed by atoms with Gasteiger partial charge in [-0.3, -0.25) is 5.32 Å². The zero-order valence-corrected chi connectivity index (χ0v) is 15.0. The molecule has 1 aromatic heterocycles. The van der Waals surface area contributed by atoms with Crippen molar-refractivity contribution in [1.82, 2.24) is 14.7 Å². The molecule has 6 nitrogen and oxygen atoms in total. The number of nitrogens with zero attached hydrogens (tertiary/aromatic N) is 3. The normalized spacial score (nSPS) is 24.3. The highest BCUT2D eigenvalue weighted by Gasteiger charge is 2.43. The number of ether oxygens (including phenoxy) is 1. The number of hydrogen-bond donors (Lipinski definition) is 1. The number of halogens is 2. The van der Waals surface area contributed by atoms with E-state index in [1.165, 1.54) is 23.4 Å². The van der Waals surface area contributed by atoms with E-state index >= 15 is 0 Å². The fraction of sp³-hybridized carbons (Fsp3) is 0.474. The van der Waals surface area contributed by atoms with Crippen LogP contribution in [0.3, 0.4) is 0 Å². The number of aromatic nitrogens is 2. The first kappa shape index (κ1) is 17.8. The maximum atomic E-state index is 12.8. The van der Waals surface area contributed by atoms with Gasteiger partial charge in [0.2, 0.25) is 5.88 Å². The number of nitrogens with one attached hydrogen (secondary N) is 1. The molecule has 2 bridgehead atoms. The van der Waals surface area contributed by atoms with Gasteiger partial charge in [0, 0.05) is 25.2 Å². The summed E-state index contributed by atoms with van der Waals surface area (Å²) < 4.78 is 30.3. The van der Waals surface area contributed by atoms with Crippen LogP contribution < -0.4 is 10.1 Å². The Morgan fingerprint density at radius 1 is 1.22 bits per heavy atom. The van der Waals surface area contributed by atoms with E-state index in [-0.39, 0.29) is 29.8 Å². The highest BCUT2D eigenvalue weighted by Crippen LogP contribution is 2.43. The number of benzene rings is 1. The third kappa shape index (κ3) is 3.61. The Labute approximate surface area is 156 Å². The molecular formula is C19H22F2N4O2. The molecule has 3 atom stereocenters. The zero-order chi connectivity index (χ0) is 19.0. The van der Waals surface area contributed by atoms with Crippen molar-refractivity contribution < 1.29 is 18.3 Å². The van der Waals surface area contributed by atoms with Crippen LogP contribution in [0.1, 0.15) is 37.2 Å². The molecule has 1 unspecified atom stereocenters. The van der Waals surface area contributed by atoms with Crippen LogP contribution in [0, 0.1) is 0 Å². The predicted octanol–water partition coefficient (Wildman–Crippen LogP) is 3.96. The summed E-state index contributed by atoms with van der Waals surface area (Å²) in [6, 6.07) is 11.9. The Morgan fingerprint density at radius 2 is 1.89 bits per heavy atom. The monoisotopic (exact) mass is 376 g/mol. The summed E-state index contributed by atoms with van der Waals surface area (Å²) in [4.78, 5) is 14.7. The number of carbonyl (C=O) groups is 1. The number of rotatable bonds is 4. The Bertz CT molecular complexity index is 797. The van der Waals surface area contributed by atoms with Crippen LogP contribution in [0.2, 0.25) is 0 Å². The highest BCUT2D eigenvalue weighted by atomic mass is 19.3. The number of piperidine rings is 1. The second-order valence-electron chi connectivity index (χ2n) is 7.17. The Kier molecular flexibility index (Phi) is 4.72. The van der Waals surface area contributed by atoms with Gasteiger partial charge in [-0.15, -0.1) is 0 Å². The third-order valence-corrected chi connectivity index (χ3v) is 5.52. The molecule has 4 rings (SSSR count). The second-order valence-corrected chi connectivity index (χ2v) is 7.17. The molecule has 2 saturated heterocycles. The van der Waals surface area contributed by atoms with Crippen molar-refractivity contribution in [2.75, 3.05) is 5.32 Å². The van der Waals surface area contributed by atoms with E-state index < -0.39 is 6.61 Å². The van der Waals surface area contributed by atoms with Gasteiger partial charge in [-0.05, 0) is 37.2 Å². The van der Waals surface area contributed by atoms with Crippen LogP contribution >= 0.6 is 0 Å². The summed E-state index contributed by atoms with van der Waals surface area (Å²) in [6.45, 7) is -2.93. The number of anilines is 1. The minimum atomic E-state index is -2.93. The molecule has 2 fully saturated rings. The van der Waals surface area contributed by atoms with Gasteiger partial charge in [-0.2, -0.15) is 13.9 Å². The SMILES string of the molecule is Cn1nc(NC(=O)N2[C@@H]3CC[C@H]2CC(c2ccccc2)C3)cc1OC(F)F. The van der Waals surface area contributed by atoms with Gasteiger partial charge in [0.25, 0.3) is 0 Å². The molecule has 1 N–H and O–H groups in total. The zero-order valence-electron chi connectivity index (χ0n) is 15.0. The first-order valence-electron chi connectivity index (χ1n) is 9.14.